The topological polar surface area (TPSA) is 156 Å². The molecule has 12 nitrogen and oxygen atoms in total. The molecule has 3 N–H and O–H groups in total. The molecule has 1 aromatic carbocycles. The first-order valence-electron chi connectivity index (χ1n) is 12.8. The first-order valence-corrected chi connectivity index (χ1v) is 12.8. The lowest BCUT2D eigenvalue weighted by Crippen LogP contribution is -2.28. The summed E-state index contributed by atoms with van der Waals surface area (Å²) >= 11 is 0. The zero-order chi connectivity index (χ0) is 29.8. The molecule has 2 aliphatic rings. The first kappa shape index (κ1) is 31.1. The van der Waals surface area contributed by atoms with E-state index in [-0.39, 0.29) is 30.6 Å². The van der Waals surface area contributed by atoms with Crippen molar-refractivity contribution in [2.24, 2.45) is 5.73 Å². The van der Waals surface area contributed by atoms with Gasteiger partial charge in [-0.1, -0.05) is 24.3 Å². The summed E-state index contributed by atoms with van der Waals surface area (Å²) in [6.45, 7) is 2.50. The maximum atomic E-state index is 13.7. The standard InChI is InChI=1S/C29H34N2O10/c1-19-12-13-21-7-4-11-26-28(21)29(35)40-23(10-5-8-22(30)9-6-16-37-31(36-3)41-26)17-27(34)39-24(18-32)14-15-25(19)38-20(2)33/h4-9,11-12,14-16,23-25,32H,10,13,17-18,30H2,1-3H3/b8-5+,15-14+,16-6+,19-12-,22-9-. The van der Waals surface area contributed by atoms with E-state index in [0.29, 0.717) is 22.2 Å². The van der Waals surface area contributed by atoms with E-state index >= 15 is 0 Å². The number of rotatable bonds is 3. The summed E-state index contributed by atoms with van der Waals surface area (Å²) in [7, 11) is 1.30. The lowest BCUT2D eigenvalue weighted by molar-refractivity contribution is -0.462. The van der Waals surface area contributed by atoms with E-state index in [0.717, 1.165) is 0 Å². The van der Waals surface area contributed by atoms with Crippen LogP contribution < -0.4 is 10.6 Å². The van der Waals surface area contributed by atoms with E-state index in [9.17, 15) is 19.5 Å². The molecule has 2 aliphatic heterocycles. The van der Waals surface area contributed by atoms with Crippen LogP contribution in [0.3, 0.4) is 0 Å². The fourth-order valence-electron chi connectivity index (χ4n) is 3.88. The highest BCUT2D eigenvalue weighted by molar-refractivity contribution is 5.94. The van der Waals surface area contributed by atoms with E-state index in [1.807, 2.05) is 0 Å². The lowest BCUT2D eigenvalue weighted by Gasteiger charge is -2.21. The van der Waals surface area contributed by atoms with Crippen LogP contribution in [0, 0.1) is 0 Å². The summed E-state index contributed by atoms with van der Waals surface area (Å²) in [6.07, 6.45) is 9.56. The third-order valence-corrected chi connectivity index (χ3v) is 5.88. The third-order valence-electron chi connectivity index (χ3n) is 5.88. The molecule has 3 atom stereocenters. The molecule has 0 radical (unpaired) electrons. The number of aliphatic hydroxyl groups is 1. The fraction of sp³-hybridized carbons (Fsp3) is 0.345. The van der Waals surface area contributed by atoms with Crippen LogP contribution in [0.15, 0.2) is 78.3 Å². The van der Waals surface area contributed by atoms with Gasteiger partial charge in [0, 0.05) is 19.0 Å². The second kappa shape index (κ2) is 15.4. The van der Waals surface area contributed by atoms with Crippen LogP contribution in [0.5, 0.6) is 5.75 Å². The lowest BCUT2D eigenvalue weighted by atomic mass is 10.0. The molecule has 41 heavy (non-hydrogen) atoms. The summed E-state index contributed by atoms with van der Waals surface area (Å²) in [5.41, 5.74) is 7.53. The van der Waals surface area contributed by atoms with Gasteiger partial charge in [-0.15, -0.1) is 0 Å². The number of fused-ring (bicyclic) bond motifs is 2. The molecule has 0 aliphatic carbocycles. The Morgan fingerprint density at radius 3 is 2.76 bits per heavy atom. The summed E-state index contributed by atoms with van der Waals surface area (Å²) in [5.74, 6) is -1.98. The number of benzene rings is 1. The molecule has 12 heteroatoms. The number of hydrogen-bond acceptors (Lipinski definition) is 12. The van der Waals surface area contributed by atoms with E-state index in [4.69, 9.17) is 34.5 Å². The van der Waals surface area contributed by atoms with Crippen LogP contribution in [-0.2, 0) is 39.9 Å². The molecule has 0 saturated heterocycles. The monoisotopic (exact) mass is 570 g/mol. The molecule has 0 saturated carbocycles. The highest BCUT2D eigenvalue weighted by Gasteiger charge is 2.27. The second-order valence-electron chi connectivity index (χ2n) is 9.04. The van der Waals surface area contributed by atoms with Crippen LogP contribution in [0.1, 0.15) is 42.6 Å². The molecular weight excluding hydrogens is 536 g/mol. The van der Waals surface area contributed by atoms with Crippen molar-refractivity contribution in [1.82, 2.24) is 5.39 Å². The SMILES string of the molecule is CON1O/C=C/C=C(N)/C=C/CC2CC(=O)OC(CO)/C=C/C(OC(C)=O)/C(C)=C\Cc3cccc(c3C(=O)O2)O1. The van der Waals surface area contributed by atoms with E-state index in [1.165, 1.54) is 44.6 Å². The number of esters is 3. The molecule has 2 heterocycles. The van der Waals surface area contributed by atoms with Gasteiger partial charge in [-0.25, -0.2) is 9.63 Å². The number of hydrogen-bond donors (Lipinski definition) is 2. The molecule has 0 amide bonds. The molecule has 3 rings (SSSR count). The summed E-state index contributed by atoms with van der Waals surface area (Å²) in [4.78, 5) is 54.4. The van der Waals surface area contributed by atoms with Crippen LogP contribution in [0.4, 0.5) is 0 Å². The number of carbonyl (C=O) groups excluding carboxylic acids is 3. The Kier molecular flexibility index (Phi) is 11.7. The van der Waals surface area contributed by atoms with E-state index in [1.54, 1.807) is 43.4 Å². The van der Waals surface area contributed by atoms with Gasteiger partial charge >= 0.3 is 17.9 Å². The van der Waals surface area contributed by atoms with Crippen molar-refractivity contribution in [3.05, 3.63) is 89.4 Å². The summed E-state index contributed by atoms with van der Waals surface area (Å²) < 4.78 is 16.6. The number of aliphatic hydroxyl groups excluding tert-OH is 1. The molecule has 220 valence electrons. The van der Waals surface area contributed by atoms with Crippen LogP contribution in [-0.4, -0.2) is 60.4 Å². The smallest absolute Gasteiger partial charge is 0.342 e. The molecule has 0 fully saturated rings. The van der Waals surface area contributed by atoms with Crippen molar-refractivity contribution < 1.29 is 48.2 Å². The minimum absolute atomic E-state index is 0.0525. The molecule has 2 bridgehead atoms. The number of ether oxygens (including phenoxy) is 3. The van der Waals surface area contributed by atoms with Gasteiger partial charge in [0.15, 0.2) is 11.1 Å². The molecule has 0 aromatic heterocycles. The Hall–Kier alpha value is -4.39. The van der Waals surface area contributed by atoms with Gasteiger partial charge in [-0.05, 0) is 60.9 Å². The van der Waals surface area contributed by atoms with Crippen molar-refractivity contribution in [2.75, 3.05) is 13.7 Å². The zero-order valence-electron chi connectivity index (χ0n) is 23.1. The Morgan fingerprint density at radius 2 is 2.02 bits per heavy atom. The van der Waals surface area contributed by atoms with Crippen molar-refractivity contribution in [3.8, 4) is 5.75 Å². The third kappa shape index (κ3) is 9.64. The molecular formula is C29H34N2O10. The number of carbonyl (C=O) groups is 3. The maximum absolute atomic E-state index is 13.7. The Bertz CT molecular complexity index is 1250. The molecule has 0 spiro atoms. The van der Waals surface area contributed by atoms with E-state index < -0.39 is 42.8 Å². The molecule has 3 unspecified atom stereocenters. The van der Waals surface area contributed by atoms with Crippen molar-refractivity contribution >= 4 is 17.9 Å². The predicted molar refractivity (Wildman–Crippen MR) is 145 cm³/mol. The van der Waals surface area contributed by atoms with Gasteiger partial charge in [0.1, 0.15) is 30.1 Å². The van der Waals surface area contributed by atoms with Gasteiger partial charge in [0.2, 0.25) is 0 Å². The van der Waals surface area contributed by atoms with Gasteiger partial charge in [0.05, 0.1) is 20.1 Å². The average Bonchev–Trinajstić information content (AvgIpc) is 2.93. The van der Waals surface area contributed by atoms with Crippen molar-refractivity contribution in [2.45, 2.75) is 51.4 Å². The minimum Gasteiger partial charge on any atom is -0.458 e. The van der Waals surface area contributed by atoms with Gasteiger partial charge < -0.3 is 34.7 Å². The number of nitrogens with two attached hydrogens (primary N) is 1. The number of cyclic esters (lactones) is 1. The Labute approximate surface area is 237 Å². The summed E-state index contributed by atoms with van der Waals surface area (Å²) in [5, 5.41) is 10.5. The number of nitrogens with zero attached hydrogens (tertiary/aromatic N) is 1. The number of allylic oxidation sites excluding steroid dienone is 4. The predicted octanol–water partition coefficient (Wildman–Crippen LogP) is 2.90. The zero-order valence-corrected chi connectivity index (χ0v) is 23.1. The second-order valence-corrected chi connectivity index (χ2v) is 9.04. The van der Waals surface area contributed by atoms with Gasteiger partial charge in [-0.2, -0.15) is 0 Å². The Morgan fingerprint density at radius 1 is 1.22 bits per heavy atom. The average molecular weight is 571 g/mol. The molecule has 1 aromatic rings. The van der Waals surface area contributed by atoms with Gasteiger partial charge in [0.25, 0.3) is 0 Å². The first-order chi connectivity index (χ1) is 19.7. The van der Waals surface area contributed by atoms with Crippen molar-refractivity contribution in [3.63, 3.8) is 0 Å². The largest absolute Gasteiger partial charge is 0.458 e. The minimum atomic E-state index is -1.02. The summed E-state index contributed by atoms with van der Waals surface area (Å²) in [6, 6.07) is 4.91. The van der Waals surface area contributed by atoms with Crippen LogP contribution in [0.25, 0.3) is 0 Å². The fourth-order valence-corrected chi connectivity index (χ4v) is 3.88. The highest BCUT2D eigenvalue weighted by Crippen LogP contribution is 2.28. The van der Waals surface area contributed by atoms with Crippen LogP contribution in [0.2, 0.25) is 0 Å². The normalized spacial score (nSPS) is 27.7. The highest BCUT2D eigenvalue weighted by atomic mass is 17.2. The van der Waals surface area contributed by atoms with Crippen molar-refractivity contribution in [1.29, 1.82) is 0 Å². The maximum Gasteiger partial charge on any atom is 0.342 e. The van der Waals surface area contributed by atoms with Gasteiger partial charge in [-0.3, -0.25) is 9.59 Å². The van der Waals surface area contributed by atoms with E-state index in [2.05, 4.69) is 0 Å². The Balaban J connectivity index is 2.14. The quantitative estimate of drug-likeness (QED) is 0.312. The van der Waals surface area contributed by atoms with Crippen LogP contribution >= 0.6 is 0 Å².